The number of likely N-dealkylation sites (tertiary alicyclic amines) is 1. The molecule has 0 aromatic heterocycles. The summed E-state index contributed by atoms with van der Waals surface area (Å²) in [6.45, 7) is 3.61. The summed E-state index contributed by atoms with van der Waals surface area (Å²) in [5.41, 5.74) is 1.36. The Bertz CT molecular complexity index is 419. The summed E-state index contributed by atoms with van der Waals surface area (Å²) in [4.78, 5) is 15.7. The minimum atomic E-state index is 0.144. The standard InChI is InChI=1S/C16H25N3O/c1-18(2)16(20)11-17-15-9-6-10-19(13-15)12-14-7-4-3-5-8-14/h3-5,7-8,15,17H,6,9-13H2,1-2H3. The van der Waals surface area contributed by atoms with Crippen LogP contribution in [-0.2, 0) is 11.3 Å². The second kappa shape index (κ2) is 7.41. The molecule has 1 saturated heterocycles. The highest BCUT2D eigenvalue weighted by atomic mass is 16.2. The fourth-order valence-electron chi connectivity index (χ4n) is 2.60. The Morgan fingerprint density at radius 2 is 2.10 bits per heavy atom. The van der Waals surface area contributed by atoms with Crippen molar-refractivity contribution in [2.24, 2.45) is 0 Å². The molecule has 1 heterocycles. The molecule has 0 radical (unpaired) electrons. The Hall–Kier alpha value is -1.39. The van der Waals surface area contributed by atoms with Gasteiger partial charge in [-0.15, -0.1) is 0 Å². The summed E-state index contributed by atoms with van der Waals surface area (Å²) in [6, 6.07) is 11.0. The van der Waals surface area contributed by atoms with E-state index in [0.717, 1.165) is 26.1 Å². The minimum absolute atomic E-state index is 0.144. The van der Waals surface area contributed by atoms with Crippen molar-refractivity contribution >= 4 is 5.91 Å². The molecule has 2 rings (SSSR count). The molecule has 0 bridgehead atoms. The van der Waals surface area contributed by atoms with E-state index in [4.69, 9.17) is 0 Å². The number of nitrogens with one attached hydrogen (secondary N) is 1. The smallest absolute Gasteiger partial charge is 0.236 e. The number of hydrogen-bond donors (Lipinski definition) is 1. The second-order valence-corrected chi connectivity index (χ2v) is 5.73. The number of carbonyl (C=O) groups is 1. The molecule has 0 spiro atoms. The first-order valence-electron chi connectivity index (χ1n) is 7.35. The van der Waals surface area contributed by atoms with Crippen molar-refractivity contribution < 1.29 is 4.79 Å². The quantitative estimate of drug-likeness (QED) is 0.880. The van der Waals surface area contributed by atoms with Crippen LogP contribution in [0.1, 0.15) is 18.4 Å². The third-order valence-corrected chi connectivity index (χ3v) is 3.80. The van der Waals surface area contributed by atoms with E-state index < -0.39 is 0 Å². The zero-order chi connectivity index (χ0) is 14.4. The van der Waals surface area contributed by atoms with Crippen LogP contribution >= 0.6 is 0 Å². The molecule has 1 aromatic carbocycles. The lowest BCUT2D eigenvalue weighted by molar-refractivity contribution is -0.127. The van der Waals surface area contributed by atoms with Gasteiger partial charge in [0, 0.05) is 33.2 Å². The topological polar surface area (TPSA) is 35.6 Å². The van der Waals surface area contributed by atoms with E-state index in [2.05, 4.69) is 40.5 Å². The molecular weight excluding hydrogens is 250 g/mol. The number of hydrogen-bond acceptors (Lipinski definition) is 3. The van der Waals surface area contributed by atoms with Gasteiger partial charge in [-0.05, 0) is 24.9 Å². The predicted octanol–water partition coefficient (Wildman–Crippen LogP) is 1.33. The fourth-order valence-corrected chi connectivity index (χ4v) is 2.60. The normalized spacial score (nSPS) is 19.8. The number of nitrogens with zero attached hydrogens (tertiary/aromatic N) is 2. The Morgan fingerprint density at radius 3 is 2.80 bits per heavy atom. The molecule has 1 atom stereocenters. The SMILES string of the molecule is CN(C)C(=O)CNC1CCCN(Cc2ccccc2)C1. The zero-order valence-corrected chi connectivity index (χ0v) is 12.5. The maximum absolute atomic E-state index is 11.6. The second-order valence-electron chi connectivity index (χ2n) is 5.73. The van der Waals surface area contributed by atoms with Crippen molar-refractivity contribution in [1.82, 2.24) is 15.1 Å². The lowest BCUT2D eigenvalue weighted by atomic mass is 10.0. The molecule has 110 valence electrons. The van der Waals surface area contributed by atoms with Crippen LogP contribution < -0.4 is 5.32 Å². The van der Waals surface area contributed by atoms with Gasteiger partial charge < -0.3 is 10.2 Å². The van der Waals surface area contributed by atoms with Crippen molar-refractivity contribution in [2.75, 3.05) is 33.7 Å². The third kappa shape index (κ3) is 4.62. The summed E-state index contributed by atoms with van der Waals surface area (Å²) >= 11 is 0. The van der Waals surface area contributed by atoms with Gasteiger partial charge in [0.05, 0.1) is 6.54 Å². The maximum atomic E-state index is 11.6. The van der Waals surface area contributed by atoms with E-state index in [9.17, 15) is 4.79 Å². The van der Waals surface area contributed by atoms with E-state index in [-0.39, 0.29) is 5.91 Å². The molecule has 1 aliphatic rings. The summed E-state index contributed by atoms with van der Waals surface area (Å²) < 4.78 is 0. The lowest BCUT2D eigenvalue weighted by Gasteiger charge is -2.33. The molecule has 20 heavy (non-hydrogen) atoms. The molecule has 4 heteroatoms. The average Bonchev–Trinajstić information content (AvgIpc) is 2.46. The van der Waals surface area contributed by atoms with Gasteiger partial charge in [-0.1, -0.05) is 30.3 Å². The lowest BCUT2D eigenvalue weighted by Crippen LogP contribution is -2.47. The largest absolute Gasteiger partial charge is 0.348 e. The Labute approximate surface area is 121 Å². The van der Waals surface area contributed by atoms with Gasteiger partial charge >= 0.3 is 0 Å². The Kier molecular flexibility index (Phi) is 5.56. The molecule has 1 N–H and O–H groups in total. The molecule has 0 aliphatic carbocycles. The highest BCUT2D eigenvalue weighted by molar-refractivity contribution is 5.77. The fraction of sp³-hybridized carbons (Fsp3) is 0.562. The van der Waals surface area contributed by atoms with Crippen molar-refractivity contribution in [3.63, 3.8) is 0 Å². The average molecular weight is 275 g/mol. The van der Waals surface area contributed by atoms with Crippen molar-refractivity contribution in [2.45, 2.75) is 25.4 Å². The monoisotopic (exact) mass is 275 g/mol. The first-order chi connectivity index (χ1) is 9.65. The van der Waals surface area contributed by atoms with Crippen molar-refractivity contribution in [3.8, 4) is 0 Å². The van der Waals surface area contributed by atoms with E-state index in [1.165, 1.54) is 12.0 Å². The van der Waals surface area contributed by atoms with Crippen LogP contribution in [0.25, 0.3) is 0 Å². The van der Waals surface area contributed by atoms with E-state index in [1.54, 1.807) is 19.0 Å². The molecule has 1 aliphatic heterocycles. The van der Waals surface area contributed by atoms with E-state index in [1.807, 2.05) is 0 Å². The van der Waals surface area contributed by atoms with Crippen LogP contribution in [0, 0.1) is 0 Å². The molecule has 1 amide bonds. The van der Waals surface area contributed by atoms with E-state index in [0.29, 0.717) is 12.6 Å². The van der Waals surface area contributed by atoms with Crippen molar-refractivity contribution in [1.29, 1.82) is 0 Å². The van der Waals surface area contributed by atoms with Gasteiger partial charge in [0.15, 0.2) is 0 Å². The van der Waals surface area contributed by atoms with E-state index >= 15 is 0 Å². The third-order valence-electron chi connectivity index (χ3n) is 3.80. The summed E-state index contributed by atoms with van der Waals surface area (Å²) in [5, 5.41) is 3.39. The Balaban J connectivity index is 1.78. The van der Waals surface area contributed by atoms with Crippen LogP contribution in [0.4, 0.5) is 0 Å². The van der Waals surface area contributed by atoms with Crippen LogP contribution in [0.15, 0.2) is 30.3 Å². The first-order valence-corrected chi connectivity index (χ1v) is 7.35. The molecule has 1 fully saturated rings. The number of amides is 1. The highest BCUT2D eigenvalue weighted by Gasteiger charge is 2.20. The van der Waals surface area contributed by atoms with Gasteiger partial charge in [0.25, 0.3) is 0 Å². The van der Waals surface area contributed by atoms with Crippen LogP contribution in [0.2, 0.25) is 0 Å². The number of rotatable bonds is 5. The van der Waals surface area contributed by atoms with Crippen LogP contribution in [0.3, 0.4) is 0 Å². The number of carbonyl (C=O) groups excluding carboxylic acids is 1. The van der Waals surface area contributed by atoms with Gasteiger partial charge in [0.1, 0.15) is 0 Å². The summed E-state index contributed by atoms with van der Waals surface area (Å²) in [5.74, 6) is 0.144. The van der Waals surface area contributed by atoms with Crippen LogP contribution in [0.5, 0.6) is 0 Å². The summed E-state index contributed by atoms with van der Waals surface area (Å²) in [7, 11) is 3.60. The molecule has 1 aromatic rings. The zero-order valence-electron chi connectivity index (χ0n) is 12.5. The van der Waals surface area contributed by atoms with Gasteiger partial charge in [-0.3, -0.25) is 9.69 Å². The predicted molar refractivity (Wildman–Crippen MR) is 81.4 cm³/mol. The first kappa shape index (κ1) is 15.0. The Morgan fingerprint density at radius 1 is 1.35 bits per heavy atom. The number of piperidine rings is 1. The minimum Gasteiger partial charge on any atom is -0.348 e. The molecule has 4 nitrogen and oxygen atoms in total. The summed E-state index contributed by atoms with van der Waals surface area (Å²) in [6.07, 6.45) is 2.35. The molecule has 0 saturated carbocycles. The van der Waals surface area contributed by atoms with Crippen LogP contribution in [-0.4, -0.2) is 55.5 Å². The number of likely N-dealkylation sites (N-methyl/N-ethyl adjacent to an activating group) is 1. The van der Waals surface area contributed by atoms with Gasteiger partial charge in [-0.2, -0.15) is 0 Å². The maximum Gasteiger partial charge on any atom is 0.236 e. The van der Waals surface area contributed by atoms with Gasteiger partial charge in [0.2, 0.25) is 5.91 Å². The van der Waals surface area contributed by atoms with Crippen molar-refractivity contribution in [3.05, 3.63) is 35.9 Å². The van der Waals surface area contributed by atoms with Gasteiger partial charge in [-0.25, -0.2) is 0 Å². The molecular formula is C16H25N3O. The molecule has 1 unspecified atom stereocenters. The number of benzene rings is 1. The highest BCUT2D eigenvalue weighted by Crippen LogP contribution is 2.13.